The van der Waals surface area contributed by atoms with Gasteiger partial charge in [-0.2, -0.15) is 0 Å². The van der Waals surface area contributed by atoms with E-state index in [9.17, 15) is 14.7 Å². The van der Waals surface area contributed by atoms with Crippen LogP contribution in [0.5, 0.6) is 0 Å². The minimum absolute atomic E-state index is 0.0708. The molecule has 0 aromatic rings. The molecule has 1 saturated carbocycles. The summed E-state index contributed by atoms with van der Waals surface area (Å²) in [6.45, 7) is 2.87. The summed E-state index contributed by atoms with van der Waals surface area (Å²) >= 11 is 0. The minimum atomic E-state index is -0.803. The van der Waals surface area contributed by atoms with E-state index in [1.807, 2.05) is 21.0 Å². The van der Waals surface area contributed by atoms with Gasteiger partial charge in [0.1, 0.15) is 0 Å². The van der Waals surface area contributed by atoms with E-state index in [0.29, 0.717) is 6.42 Å². The maximum atomic E-state index is 12.0. The molecule has 0 spiro atoms. The zero-order valence-electron chi connectivity index (χ0n) is 13.4. The number of nitrogens with one attached hydrogen (secondary N) is 2. The lowest BCUT2D eigenvalue weighted by atomic mass is 9.95. The van der Waals surface area contributed by atoms with Gasteiger partial charge in [0.05, 0.1) is 5.92 Å². The van der Waals surface area contributed by atoms with E-state index in [-0.39, 0.29) is 18.1 Å². The van der Waals surface area contributed by atoms with E-state index in [1.165, 1.54) is 0 Å². The molecule has 3 atom stereocenters. The molecule has 0 radical (unpaired) electrons. The smallest absolute Gasteiger partial charge is 0.315 e. The zero-order chi connectivity index (χ0) is 15.8. The van der Waals surface area contributed by atoms with Crippen LogP contribution in [0, 0.1) is 5.92 Å². The molecule has 2 amide bonds. The number of urea groups is 1. The molecule has 0 heterocycles. The number of carbonyl (C=O) groups excluding carboxylic acids is 1. The topological polar surface area (TPSA) is 81.7 Å². The molecular formula is C15H29N3O3. The van der Waals surface area contributed by atoms with Gasteiger partial charge in [0.15, 0.2) is 0 Å². The quantitative estimate of drug-likeness (QED) is 0.652. The number of carboxylic acid groups (broad SMARTS) is 1. The van der Waals surface area contributed by atoms with Gasteiger partial charge in [-0.25, -0.2) is 4.79 Å². The number of nitrogens with zero attached hydrogens (tertiary/aromatic N) is 1. The fourth-order valence-corrected chi connectivity index (χ4v) is 2.73. The van der Waals surface area contributed by atoms with Gasteiger partial charge in [-0.3, -0.25) is 4.79 Å². The van der Waals surface area contributed by atoms with Crippen molar-refractivity contribution in [3.8, 4) is 0 Å². The van der Waals surface area contributed by atoms with Gasteiger partial charge >= 0.3 is 12.0 Å². The van der Waals surface area contributed by atoms with Crippen molar-refractivity contribution < 1.29 is 14.7 Å². The first kappa shape index (κ1) is 17.8. The van der Waals surface area contributed by atoms with E-state index in [4.69, 9.17) is 0 Å². The van der Waals surface area contributed by atoms with Crippen LogP contribution in [0.4, 0.5) is 4.79 Å². The van der Waals surface area contributed by atoms with Crippen LogP contribution in [0.15, 0.2) is 0 Å². The molecule has 1 rings (SSSR count). The van der Waals surface area contributed by atoms with Crippen LogP contribution < -0.4 is 10.6 Å². The highest BCUT2D eigenvalue weighted by molar-refractivity contribution is 5.77. The second-order valence-electron chi connectivity index (χ2n) is 6.30. The van der Waals surface area contributed by atoms with E-state index >= 15 is 0 Å². The predicted octanol–water partition coefficient (Wildman–Crippen LogP) is 1.66. The molecular weight excluding hydrogens is 270 g/mol. The van der Waals surface area contributed by atoms with Crippen LogP contribution >= 0.6 is 0 Å². The summed E-state index contributed by atoms with van der Waals surface area (Å²) in [5.41, 5.74) is 0. The molecule has 3 unspecified atom stereocenters. The zero-order valence-corrected chi connectivity index (χ0v) is 13.4. The van der Waals surface area contributed by atoms with Crippen LogP contribution in [-0.2, 0) is 4.79 Å². The van der Waals surface area contributed by atoms with Crippen LogP contribution in [0.1, 0.15) is 45.4 Å². The largest absolute Gasteiger partial charge is 0.481 e. The van der Waals surface area contributed by atoms with Gasteiger partial charge in [0.25, 0.3) is 0 Å². The highest BCUT2D eigenvalue weighted by atomic mass is 16.4. The Morgan fingerprint density at radius 1 is 1.24 bits per heavy atom. The third kappa shape index (κ3) is 6.80. The third-order valence-corrected chi connectivity index (χ3v) is 4.04. The van der Waals surface area contributed by atoms with Gasteiger partial charge in [0, 0.05) is 12.1 Å². The van der Waals surface area contributed by atoms with Crippen LogP contribution in [-0.4, -0.2) is 54.7 Å². The molecule has 0 aromatic heterocycles. The van der Waals surface area contributed by atoms with Crippen molar-refractivity contribution in [2.24, 2.45) is 5.92 Å². The van der Waals surface area contributed by atoms with E-state index < -0.39 is 11.9 Å². The first-order chi connectivity index (χ1) is 9.90. The van der Waals surface area contributed by atoms with Gasteiger partial charge in [-0.1, -0.05) is 19.3 Å². The fourth-order valence-electron chi connectivity index (χ4n) is 2.73. The van der Waals surface area contributed by atoms with Gasteiger partial charge in [-0.05, 0) is 46.8 Å². The minimum Gasteiger partial charge on any atom is -0.481 e. The fraction of sp³-hybridized carbons (Fsp3) is 0.867. The van der Waals surface area contributed by atoms with Crippen molar-refractivity contribution in [2.45, 2.75) is 57.5 Å². The lowest BCUT2D eigenvalue weighted by Crippen LogP contribution is -2.49. The Bertz CT molecular complexity index is 347. The molecule has 0 bridgehead atoms. The number of hydrogen-bond acceptors (Lipinski definition) is 3. The van der Waals surface area contributed by atoms with Crippen LogP contribution in [0.2, 0.25) is 0 Å². The molecule has 1 fully saturated rings. The van der Waals surface area contributed by atoms with Crippen LogP contribution in [0.3, 0.4) is 0 Å². The average Bonchev–Trinajstić information content (AvgIpc) is 2.61. The standard InChI is InChI=1S/C15H29N3O3/c1-11(9-10-18(2)3)16-15(21)17-13-8-6-4-5-7-12(13)14(19)20/h11-13H,4-10H2,1-3H3,(H,19,20)(H2,16,17,21). The summed E-state index contributed by atoms with van der Waals surface area (Å²) in [5.74, 6) is -1.27. The number of rotatable bonds is 6. The summed E-state index contributed by atoms with van der Waals surface area (Å²) < 4.78 is 0. The molecule has 0 saturated heterocycles. The predicted molar refractivity (Wildman–Crippen MR) is 82.3 cm³/mol. The maximum Gasteiger partial charge on any atom is 0.315 e. The average molecular weight is 299 g/mol. The number of aliphatic carboxylic acids is 1. The van der Waals surface area contributed by atoms with Crippen molar-refractivity contribution in [1.29, 1.82) is 0 Å². The van der Waals surface area contributed by atoms with Gasteiger partial charge in [0.2, 0.25) is 0 Å². The molecule has 1 aliphatic rings. The van der Waals surface area contributed by atoms with Crippen molar-refractivity contribution in [3.05, 3.63) is 0 Å². The van der Waals surface area contributed by atoms with Crippen molar-refractivity contribution in [1.82, 2.24) is 15.5 Å². The Morgan fingerprint density at radius 2 is 1.90 bits per heavy atom. The first-order valence-corrected chi connectivity index (χ1v) is 7.84. The molecule has 0 aliphatic heterocycles. The van der Waals surface area contributed by atoms with Crippen molar-refractivity contribution >= 4 is 12.0 Å². The van der Waals surface area contributed by atoms with Crippen molar-refractivity contribution in [3.63, 3.8) is 0 Å². The summed E-state index contributed by atoms with van der Waals surface area (Å²) in [4.78, 5) is 25.4. The summed E-state index contributed by atoms with van der Waals surface area (Å²) in [6, 6.07) is -0.438. The van der Waals surface area contributed by atoms with Crippen LogP contribution in [0.25, 0.3) is 0 Å². The second kappa shape index (κ2) is 8.87. The summed E-state index contributed by atoms with van der Waals surface area (Å²) in [7, 11) is 3.99. The maximum absolute atomic E-state index is 12.0. The van der Waals surface area contributed by atoms with Gasteiger partial charge < -0.3 is 20.6 Å². The lowest BCUT2D eigenvalue weighted by Gasteiger charge is -2.24. The molecule has 122 valence electrons. The molecule has 0 aromatic carbocycles. The molecule has 21 heavy (non-hydrogen) atoms. The summed E-state index contributed by atoms with van der Waals surface area (Å²) in [6.07, 6.45) is 5.21. The number of carboxylic acids is 1. The Labute approximate surface area is 127 Å². The first-order valence-electron chi connectivity index (χ1n) is 7.84. The molecule has 1 aliphatic carbocycles. The van der Waals surface area contributed by atoms with Crippen molar-refractivity contribution in [2.75, 3.05) is 20.6 Å². The van der Waals surface area contributed by atoms with E-state index in [2.05, 4.69) is 15.5 Å². The molecule has 6 nitrogen and oxygen atoms in total. The molecule has 3 N–H and O–H groups in total. The number of amides is 2. The third-order valence-electron chi connectivity index (χ3n) is 4.04. The van der Waals surface area contributed by atoms with Gasteiger partial charge in [-0.15, -0.1) is 0 Å². The summed E-state index contributed by atoms with van der Waals surface area (Å²) in [5, 5.41) is 15.1. The monoisotopic (exact) mass is 299 g/mol. The van der Waals surface area contributed by atoms with E-state index in [0.717, 1.165) is 38.6 Å². The Morgan fingerprint density at radius 3 is 2.52 bits per heavy atom. The number of carbonyl (C=O) groups is 2. The second-order valence-corrected chi connectivity index (χ2v) is 6.30. The Kier molecular flexibility index (Phi) is 7.50. The Balaban J connectivity index is 2.45. The molecule has 6 heteroatoms. The van der Waals surface area contributed by atoms with E-state index in [1.54, 1.807) is 0 Å². The lowest BCUT2D eigenvalue weighted by molar-refractivity contribution is -0.142. The SMILES string of the molecule is CC(CCN(C)C)NC(=O)NC1CCCCCC1C(=O)O. The highest BCUT2D eigenvalue weighted by Crippen LogP contribution is 2.23. The highest BCUT2D eigenvalue weighted by Gasteiger charge is 2.30. The number of hydrogen-bond donors (Lipinski definition) is 3. The normalized spacial score (nSPS) is 24.2. The Hall–Kier alpha value is -1.30.